The minimum absolute atomic E-state index is 0.176. The first-order valence-corrected chi connectivity index (χ1v) is 6.89. The average Bonchev–Trinajstić information content (AvgIpc) is 2.27. The molecule has 106 valence electrons. The molecule has 0 unspecified atom stereocenters. The van der Waals surface area contributed by atoms with Gasteiger partial charge in [0.15, 0.2) is 0 Å². The zero-order valence-corrected chi connectivity index (χ0v) is 11.4. The third-order valence-electron chi connectivity index (χ3n) is 2.33. The van der Waals surface area contributed by atoms with Crippen LogP contribution in [-0.4, -0.2) is 51.6 Å². The molecule has 0 bridgehead atoms. The number of aromatic carboxylic acids is 1. The molecule has 0 aromatic heterocycles. The molecule has 0 heterocycles. The summed E-state index contributed by atoms with van der Waals surface area (Å²) in [6.07, 6.45) is 0. The zero-order chi connectivity index (χ0) is 14.6. The van der Waals surface area contributed by atoms with Crippen molar-refractivity contribution in [2.75, 3.05) is 27.2 Å². The van der Waals surface area contributed by atoms with E-state index in [1.54, 1.807) is 19.0 Å². The Balaban J connectivity index is 2.96. The Labute approximate surface area is 110 Å². The van der Waals surface area contributed by atoms with E-state index in [-0.39, 0.29) is 11.4 Å². The van der Waals surface area contributed by atoms with Gasteiger partial charge in [0.05, 0.1) is 10.5 Å². The first-order valence-electron chi connectivity index (χ1n) is 5.41. The molecule has 0 radical (unpaired) electrons. The molecule has 0 atom stereocenters. The van der Waals surface area contributed by atoms with Crippen molar-refractivity contribution in [3.8, 4) is 0 Å². The van der Waals surface area contributed by atoms with E-state index in [1.165, 1.54) is 0 Å². The van der Waals surface area contributed by atoms with Crippen molar-refractivity contribution in [3.05, 3.63) is 29.6 Å². The summed E-state index contributed by atoms with van der Waals surface area (Å²) in [5.41, 5.74) is -0.671. The number of sulfonamides is 1. The standard InChI is InChI=1S/C11H15FN2O4S/c1-14(2)6-5-13-19(17,18)8-3-4-10(12)9(7-8)11(15)16/h3-4,7,13H,5-6H2,1-2H3,(H,15,16). The highest BCUT2D eigenvalue weighted by atomic mass is 32.2. The lowest BCUT2D eigenvalue weighted by Crippen LogP contribution is -2.31. The number of likely N-dealkylation sites (N-methyl/N-ethyl adjacent to an activating group) is 1. The lowest BCUT2D eigenvalue weighted by molar-refractivity contribution is 0.0691. The minimum Gasteiger partial charge on any atom is -0.478 e. The monoisotopic (exact) mass is 290 g/mol. The van der Waals surface area contributed by atoms with Crippen LogP contribution in [0.2, 0.25) is 0 Å². The Kier molecular flexibility index (Phi) is 4.98. The smallest absolute Gasteiger partial charge is 0.338 e. The molecular formula is C11H15FN2O4S. The van der Waals surface area contributed by atoms with Crippen LogP contribution in [0.15, 0.2) is 23.1 Å². The van der Waals surface area contributed by atoms with Gasteiger partial charge in [0.2, 0.25) is 10.0 Å². The molecule has 0 aliphatic carbocycles. The Morgan fingerprint density at radius 3 is 2.58 bits per heavy atom. The molecule has 8 heteroatoms. The second-order valence-corrected chi connectivity index (χ2v) is 5.91. The quantitative estimate of drug-likeness (QED) is 0.790. The molecule has 0 amide bonds. The number of nitrogens with one attached hydrogen (secondary N) is 1. The minimum atomic E-state index is -3.84. The van der Waals surface area contributed by atoms with Crippen molar-refractivity contribution in [1.82, 2.24) is 9.62 Å². The third kappa shape index (κ3) is 4.27. The fourth-order valence-electron chi connectivity index (χ4n) is 1.32. The van der Waals surface area contributed by atoms with E-state index in [9.17, 15) is 17.6 Å². The molecule has 1 rings (SSSR count). The predicted octanol–water partition coefficient (Wildman–Crippen LogP) is 0.364. The van der Waals surface area contributed by atoms with Gasteiger partial charge in [0.1, 0.15) is 5.82 Å². The molecule has 2 N–H and O–H groups in total. The first kappa shape index (κ1) is 15.5. The average molecular weight is 290 g/mol. The van der Waals surface area contributed by atoms with Crippen molar-refractivity contribution in [1.29, 1.82) is 0 Å². The lowest BCUT2D eigenvalue weighted by Gasteiger charge is -2.11. The van der Waals surface area contributed by atoms with Gasteiger partial charge >= 0.3 is 5.97 Å². The number of rotatable bonds is 6. The second kappa shape index (κ2) is 6.09. The van der Waals surface area contributed by atoms with Crippen LogP contribution in [-0.2, 0) is 10.0 Å². The van der Waals surface area contributed by atoms with Crippen LogP contribution >= 0.6 is 0 Å². The van der Waals surface area contributed by atoms with Gasteiger partial charge in [0, 0.05) is 13.1 Å². The maximum absolute atomic E-state index is 13.2. The van der Waals surface area contributed by atoms with Crippen LogP contribution in [0.25, 0.3) is 0 Å². The van der Waals surface area contributed by atoms with Gasteiger partial charge in [0.25, 0.3) is 0 Å². The maximum atomic E-state index is 13.2. The summed E-state index contributed by atoms with van der Waals surface area (Å²) >= 11 is 0. The van der Waals surface area contributed by atoms with E-state index in [4.69, 9.17) is 5.11 Å². The predicted molar refractivity (Wildman–Crippen MR) is 67.1 cm³/mol. The number of hydrogen-bond acceptors (Lipinski definition) is 4. The number of benzene rings is 1. The molecule has 0 saturated heterocycles. The zero-order valence-electron chi connectivity index (χ0n) is 10.6. The number of carboxylic acid groups (broad SMARTS) is 1. The molecule has 0 aliphatic rings. The molecule has 19 heavy (non-hydrogen) atoms. The normalized spacial score (nSPS) is 11.8. The number of halogens is 1. The summed E-state index contributed by atoms with van der Waals surface area (Å²) in [4.78, 5) is 12.3. The van der Waals surface area contributed by atoms with Gasteiger partial charge in [-0.15, -0.1) is 0 Å². The Morgan fingerprint density at radius 2 is 2.05 bits per heavy atom. The van der Waals surface area contributed by atoms with Gasteiger partial charge in [-0.05, 0) is 32.3 Å². The van der Waals surface area contributed by atoms with E-state index >= 15 is 0 Å². The van der Waals surface area contributed by atoms with Crippen molar-refractivity contribution in [2.24, 2.45) is 0 Å². The van der Waals surface area contributed by atoms with Gasteiger partial charge in [-0.3, -0.25) is 0 Å². The molecule has 1 aromatic carbocycles. The van der Waals surface area contributed by atoms with Crippen LogP contribution in [0.5, 0.6) is 0 Å². The van der Waals surface area contributed by atoms with Gasteiger partial charge in [-0.1, -0.05) is 0 Å². The van der Waals surface area contributed by atoms with Crippen LogP contribution in [0, 0.1) is 5.82 Å². The van der Waals surface area contributed by atoms with E-state index < -0.39 is 27.4 Å². The van der Waals surface area contributed by atoms with Crippen molar-refractivity contribution < 1.29 is 22.7 Å². The molecule has 0 aliphatic heterocycles. The summed E-state index contributed by atoms with van der Waals surface area (Å²) in [5, 5.41) is 8.74. The molecule has 1 aromatic rings. The number of carboxylic acids is 1. The van der Waals surface area contributed by atoms with Crippen LogP contribution in [0.1, 0.15) is 10.4 Å². The fourth-order valence-corrected chi connectivity index (χ4v) is 2.37. The van der Waals surface area contributed by atoms with E-state index in [1.807, 2.05) is 0 Å². The second-order valence-electron chi connectivity index (χ2n) is 4.15. The third-order valence-corrected chi connectivity index (χ3v) is 3.79. The fraction of sp³-hybridized carbons (Fsp3) is 0.364. The van der Waals surface area contributed by atoms with Crippen LogP contribution < -0.4 is 4.72 Å². The van der Waals surface area contributed by atoms with Crippen molar-refractivity contribution >= 4 is 16.0 Å². The van der Waals surface area contributed by atoms with Crippen LogP contribution in [0.4, 0.5) is 4.39 Å². The Hall–Kier alpha value is -1.51. The highest BCUT2D eigenvalue weighted by Crippen LogP contribution is 2.15. The van der Waals surface area contributed by atoms with E-state index in [2.05, 4.69) is 4.72 Å². The SMILES string of the molecule is CN(C)CCNS(=O)(=O)c1ccc(F)c(C(=O)O)c1. The Morgan fingerprint density at radius 1 is 1.42 bits per heavy atom. The molecular weight excluding hydrogens is 275 g/mol. The van der Waals surface area contributed by atoms with Gasteiger partial charge < -0.3 is 10.0 Å². The summed E-state index contributed by atoms with van der Waals surface area (Å²) in [6.45, 7) is 0.668. The van der Waals surface area contributed by atoms with Gasteiger partial charge in [-0.2, -0.15) is 0 Å². The number of nitrogens with zero attached hydrogens (tertiary/aromatic N) is 1. The summed E-state index contributed by atoms with van der Waals surface area (Å²) < 4.78 is 39.2. The summed E-state index contributed by atoms with van der Waals surface area (Å²) in [7, 11) is -0.263. The molecule has 0 saturated carbocycles. The first-order chi connectivity index (χ1) is 8.74. The number of hydrogen-bond donors (Lipinski definition) is 2. The van der Waals surface area contributed by atoms with Crippen LogP contribution in [0.3, 0.4) is 0 Å². The molecule has 6 nitrogen and oxygen atoms in total. The highest BCUT2D eigenvalue weighted by Gasteiger charge is 2.18. The lowest BCUT2D eigenvalue weighted by atomic mass is 10.2. The summed E-state index contributed by atoms with van der Waals surface area (Å²) in [6, 6.07) is 2.65. The van der Waals surface area contributed by atoms with Crippen molar-refractivity contribution in [3.63, 3.8) is 0 Å². The number of carbonyl (C=O) groups is 1. The maximum Gasteiger partial charge on any atom is 0.338 e. The van der Waals surface area contributed by atoms with Gasteiger partial charge in [-0.25, -0.2) is 22.3 Å². The van der Waals surface area contributed by atoms with E-state index in [0.29, 0.717) is 6.54 Å². The molecule has 0 fully saturated rings. The Bertz CT molecular complexity index is 572. The van der Waals surface area contributed by atoms with Crippen molar-refractivity contribution in [2.45, 2.75) is 4.90 Å². The topological polar surface area (TPSA) is 86.7 Å². The molecule has 0 spiro atoms. The highest BCUT2D eigenvalue weighted by molar-refractivity contribution is 7.89. The summed E-state index contributed by atoms with van der Waals surface area (Å²) in [5.74, 6) is -2.48. The largest absolute Gasteiger partial charge is 0.478 e. The van der Waals surface area contributed by atoms with E-state index in [0.717, 1.165) is 18.2 Å².